The first-order chi connectivity index (χ1) is 17.2. The molecule has 2 atom stereocenters. The van der Waals surface area contributed by atoms with Crippen molar-refractivity contribution in [1.29, 1.82) is 0 Å². The third-order valence-electron chi connectivity index (χ3n) is 5.52. The second-order valence-corrected chi connectivity index (χ2v) is 8.27. The van der Waals surface area contributed by atoms with Gasteiger partial charge in [-0.3, -0.25) is 9.59 Å². The standard InChI is InChI=1S/2C13H14N2O3.Zn/c2*1-8(16)15-12(13(17)18)6-9-7-14-11-5-3-2-4-10(9)11;/h2*2-5,7,12,14H,6H2,1H3,(H,15,16)(H,17,18);/q;;+2/p-2/t2*12-;/m00./s1. The van der Waals surface area contributed by atoms with Crippen molar-refractivity contribution < 1.29 is 48.9 Å². The topological polar surface area (TPSA) is 170 Å². The van der Waals surface area contributed by atoms with Crippen LogP contribution in [-0.2, 0) is 51.5 Å². The van der Waals surface area contributed by atoms with Gasteiger partial charge >= 0.3 is 19.5 Å². The number of hydrogen-bond acceptors (Lipinski definition) is 6. The zero-order chi connectivity index (χ0) is 26.2. The summed E-state index contributed by atoms with van der Waals surface area (Å²) in [5.74, 6) is -3.33. The minimum Gasteiger partial charge on any atom is -0.548 e. The van der Waals surface area contributed by atoms with Crippen molar-refractivity contribution in [2.45, 2.75) is 38.8 Å². The first kappa shape index (κ1) is 29.3. The van der Waals surface area contributed by atoms with Gasteiger partial charge in [0, 0.05) is 60.9 Å². The molecule has 0 spiro atoms. The SMILES string of the molecule is CC(=O)N[C@@H](Cc1c[nH]c2ccccc12)C(=O)[O-].CC(=O)N[C@@H](Cc1c[nH]c2ccccc12)C(=O)[O-].[Zn+2]. The number of carbonyl (C=O) groups is 4. The smallest absolute Gasteiger partial charge is 0.548 e. The summed E-state index contributed by atoms with van der Waals surface area (Å²) in [7, 11) is 0. The van der Waals surface area contributed by atoms with E-state index in [2.05, 4.69) is 20.6 Å². The Morgan fingerprint density at radius 2 is 1.05 bits per heavy atom. The molecule has 188 valence electrons. The number of aromatic amines is 2. The number of carboxylic acids is 2. The van der Waals surface area contributed by atoms with Gasteiger partial charge in [0.25, 0.3) is 0 Å². The maximum Gasteiger partial charge on any atom is 2.00 e. The molecule has 0 fully saturated rings. The Morgan fingerprint density at radius 1 is 0.703 bits per heavy atom. The molecular formula is C26H26N4O6Zn. The Morgan fingerprint density at radius 3 is 1.38 bits per heavy atom. The minimum absolute atomic E-state index is 0. The van der Waals surface area contributed by atoms with Gasteiger partial charge in [0.2, 0.25) is 11.8 Å². The average Bonchev–Trinajstić information content (AvgIpc) is 3.42. The number of aromatic nitrogens is 2. The van der Waals surface area contributed by atoms with Crippen LogP contribution in [0.4, 0.5) is 0 Å². The summed E-state index contributed by atoms with van der Waals surface area (Å²) in [5, 5.41) is 28.6. The molecule has 2 aromatic carbocycles. The van der Waals surface area contributed by atoms with Crippen molar-refractivity contribution in [3.8, 4) is 0 Å². The van der Waals surface area contributed by atoms with Crippen LogP contribution in [0.1, 0.15) is 25.0 Å². The normalized spacial score (nSPS) is 11.9. The molecule has 0 radical (unpaired) electrons. The van der Waals surface area contributed by atoms with Gasteiger partial charge in [-0.2, -0.15) is 0 Å². The molecule has 0 saturated carbocycles. The van der Waals surface area contributed by atoms with Gasteiger partial charge in [-0.15, -0.1) is 0 Å². The molecule has 0 aliphatic carbocycles. The van der Waals surface area contributed by atoms with Crippen LogP contribution in [0, 0.1) is 0 Å². The molecule has 10 nitrogen and oxygen atoms in total. The Bertz CT molecular complexity index is 1290. The van der Waals surface area contributed by atoms with E-state index >= 15 is 0 Å². The van der Waals surface area contributed by atoms with Crippen molar-refractivity contribution in [2.24, 2.45) is 0 Å². The van der Waals surface area contributed by atoms with E-state index in [0.29, 0.717) is 0 Å². The summed E-state index contributed by atoms with van der Waals surface area (Å²) in [5.41, 5.74) is 3.56. The van der Waals surface area contributed by atoms with E-state index in [-0.39, 0.29) is 44.1 Å². The number of carboxylic acid groups (broad SMARTS) is 2. The average molecular weight is 556 g/mol. The summed E-state index contributed by atoms with van der Waals surface area (Å²) >= 11 is 0. The molecular weight excluding hydrogens is 530 g/mol. The Kier molecular flexibility index (Phi) is 10.6. The third-order valence-corrected chi connectivity index (χ3v) is 5.52. The predicted octanol–water partition coefficient (Wildman–Crippen LogP) is -0.0725. The second kappa shape index (κ2) is 13.4. The largest absolute Gasteiger partial charge is 2.00 e. The Balaban J connectivity index is 0.000000253. The molecule has 11 heteroatoms. The molecule has 4 aromatic rings. The number of hydrogen-bond donors (Lipinski definition) is 4. The first-order valence-electron chi connectivity index (χ1n) is 11.2. The van der Waals surface area contributed by atoms with Crippen molar-refractivity contribution in [2.75, 3.05) is 0 Å². The van der Waals surface area contributed by atoms with Crippen LogP contribution in [-0.4, -0.2) is 45.8 Å². The van der Waals surface area contributed by atoms with Crippen LogP contribution in [0.3, 0.4) is 0 Å². The number of aliphatic carboxylic acids is 2. The number of amides is 2. The fourth-order valence-electron chi connectivity index (χ4n) is 3.92. The molecule has 0 unspecified atom stereocenters. The van der Waals surface area contributed by atoms with Gasteiger partial charge < -0.3 is 40.4 Å². The van der Waals surface area contributed by atoms with Crippen molar-refractivity contribution in [1.82, 2.24) is 20.6 Å². The zero-order valence-electron chi connectivity index (χ0n) is 20.5. The third kappa shape index (κ3) is 8.01. The second-order valence-electron chi connectivity index (χ2n) is 8.27. The molecule has 4 N–H and O–H groups in total. The van der Waals surface area contributed by atoms with E-state index in [0.717, 1.165) is 32.9 Å². The number of rotatable bonds is 8. The minimum atomic E-state index is -1.28. The van der Waals surface area contributed by atoms with Crippen LogP contribution in [0.25, 0.3) is 21.8 Å². The van der Waals surface area contributed by atoms with E-state index in [4.69, 9.17) is 0 Å². The van der Waals surface area contributed by atoms with E-state index in [1.165, 1.54) is 13.8 Å². The van der Waals surface area contributed by atoms with Crippen molar-refractivity contribution >= 4 is 45.6 Å². The fraction of sp³-hybridized carbons (Fsp3) is 0.231. The number of carbonyl (C=O) groups excluding carboxylic acids is 4. The fourth-order valence-corrected chi connectivity index (χ4v) is 3.92. The van der Waals surface area contributed by atoms with Gasteiger partial charge in [-0.1, -0.05) is 36.4 Å². The number of benzene rings is 2. The van der Waals surface area contributed by atoms with Gasteiger partial charge in [0.1, 0.15) is 0 Å². The Labute approximate surface area is 225 Å². The van der Waals surface area contributed by atoms with E-state index in [1.54, 1.807) is 12.4 Å². The summed E-state index contributed by atoms with van der Waals surface area (Å²) < 4.78 is 0. The molecule has 2 aromatic heterocycles. The number of H-pyrrole nitrogens is 2. The number of nitrogens with one attached hydrogen (secondary N) is 4. The molecule has 2 heterocycles. The summed E-state index contributed by atoms with van der Waals surface area (Å²) in [4.78, 5) is 49.9. The molecule has 0 bridgehead atoms. The summed E-state index contributed by atoms with van der Waals surface area (Å²) in [6.07, 6.45) is 3.91. The van der Waals surface area contributed by atoms with Gasteiger partial charge in [-0.25, -0.2) is 0 Å². The summed E-state index contributed by atoms with van der Waals surface area (Å²) in [6.45, 7) is 2.57. The molecule has 0 aliphatic rings. The number of para-hydroxylation sites is 2. The van der Waals surface area contributed by atoms with Crippen molar-refractivity contribution in [3.05, 3.63) is 72.1 Å². The van der Waals surface area contributed by atoms with Crippen LogP contribution >= 0.6 is 0 Å². The van der Waals surface area contributed by atoms with Gasteiger partial charge in [0.15, 0.2) is 0 Å². The molecule has 4 rings (SSSR count). The summed E-state index contributed by atoms with van der Waals surface area (Å²) in [6, 6.07) is 13.2. The van der Waals surface area contributed by atoms with Crippen LogP contribution in [0.15, 0.2) is 60.9 Å². The Hall–Kier alpha value is -3.98. The van der Waals surface area contributed by atoms with E-state index < -0.39 is 24.0 Å². The molecule has 0 aliphatic heterocycles. The monoisotopic (exact) mass is 554 g/mol. The zero-order valence-corrected chi connectivity index (χ0v) is 23.5. The van der Waals surface area contributed by atoms with Crippen molar-refractivity contribution in [3.63, 3.8) is 0 Å². The van der Waals surface area contributed by atoms with Gasteiger partial charge in [-0.05, 0) is 23.3 Å². The van der Waals surface area contributed by atoms with E-state index in [1.807, 2.05) is 48.5 Å². The van der Waals surface area contributed by atoms with Crippen LogP contribution in [0.5, 0.6) is 0 Å². The van der Waals surface area contributed by atoms with Gasteiger partial charge in [0.05, 0.1) is 24.0 Å². The number of fused-ring (bicyclic) bond motifs is 2. The van der Waals surface area contributed by atoms with E-state index in [9.17, 15) is 29.4 Å². The maximum absolute atomic E-state index is 11.0. The van der Waals surface area contributed by atoms with Crippen LogP contribution in [0.2, 0.25) is 0 Å². The molecule has 2 amide bonds. The molecule has 0 saturated heterocycles. The molecule has 37 heavy (non-hydrogen) atoms. The predicted molar refractivity (Wildman–Crippen MR) is 129 cm³/mol. The quantitative estimate of drug-likeness (QED) is 0.222. The van der Waals surface area contributed by atoms with Crippen LogP contribution < -0.4 is 20.8 Å². The maximum atomic E-state index is 11.0. The first-order valence-corrected chi connectivity index (χ1v) is 11.2.